The number of hydrogen-bond acceptors (Lipinski definition) is 6. The lowest BCUT2D eigenvalue weighted by atomic mass is 10.2. The van der Waals surface area contributed by atoms with Crippen molar-refractivity contribution < 1.29 is 17.2 Å². The molecule has 25 heavy (non-hydrogen) atoms. The van der Waals surface area contributed by atoms with Crippen molar-refractivity contribution in [3.05, 3.63) is 47.4 Å². The Morgan fingerprint density at radius 2 is 2.00 bits per heavy atom. The predicted octanol–water partition coefficient (Wildman–Crippen LogP) is 1.74. The number of hydrogen-bond donors (Lipinski definition) is 2. The zero-order valence-electron chi connectivity index (χ0n) is 13.6. The molecule has 0 atom stereocenters. The lowest BCUT2D eigenvalue weighted by Gasteiger charge is -2.05. The van der Waals surface area contributed by atoms with Crippen molar-refractivity contribution in [3.63, 3.8) is 0 Å². The first-order valence-corrected chi connectivity index (χ1v) is 8.95. The van der Waals surface area contributed by atoms with Crippen LogP contribution in [0.1, 0.15) is 17.3 Å². The van der Waals surface area contributed by atoms with E-state index in [9.17, 15) is 12.8 Å². The van der Waals surface area contributed by atoms with Crippen molar-refractivity contribution in [3.8, 4) is 11.5 Å². The number of rotatable bonds is 6. The summed E-state index contributed by atoms with van der Waals surface area (Å²) in [4.78, 5) is 0.130. The van der Waals surface area contributed by atoms with Crippen LogP contribution in [0.2, 0.25) is 0 Å². The molecule has 3 aromatic rings. The van der Waals surface area contributed by atoms with E-state index < -0.39 is 15.8 Å². The zero-order chi connectivity index (χ0) is 18.0. The van der Waals surface area contributed by atoms with Gasteiger partial charge in [0.2, 0.25) is 15.9 Å². The molecule has 0 saturated carbocycles. The fourth-order valence-corrected chi connectivity index (χ4v) is 3.80. The first-order valence-electron chi connectivity index (χ1n) is 7.47. The fraction of sp³-hybridized carbons (Fsp3) is 0.267. The maximum atomic E-state index is 13.7. The molecule has 132 valence electrons. The van der Waals surface area contributed by atoms with Gasteiger partial charge in [0.15, 0.2) is 0 Å². The number of benzene rings is 1. The molecule has 2 N–H and O–H groups in total. The molecule has 1 aromatic carbocycles. The number of halogens is 1. The van der Waals surface area contributed by atoms with Gasteiger partial charge in [-0.1, -0.05) is 12.1 Å². The monoisotopic (exact) mass is 365 g/mol. The fourth-order valence-electron chi connectivity index (χ4n) is 2.40. The molecule has 0 aliphatic carbocycles. The largest absolute Gasteiger partial charge is 0.421 e. The molecular weight excluding hydrogens is 349 g/mol. The molecule has 0 unspecified atom stereocenters. The Bertz CT molecular complexity index is 977. The Balaban J connectivity index is 1.66. The number of nitrogens with zero attached hydrogens (tertiary/aromatic N) is 3. The SMILES string of the molecule is Cc1n[nH]c(C)c1S(=O)(=O)NCCc1nnc(-c2ccccc2F)o1. The second kappa shape index (κ2) is 6.73. The third-order valence-corrected chi connectivity index (χ3v) is 5.25. The molecule has 0 spiro atoms. The molecule has 0 bridgehead atoms. The highest BCUT2D eigenvalue weighted by atomic mass is 32.2. The van der Waals surface area contributed by atoms with E-state index in [1.165, 1.54) is 12.1 Å². The second-order valence-electron chi connectivity index (χ2n) is 5.39. The average molecular weight is 365 g/mol. The van der Waals surface area contributed by atoms with Crippen molar-refractivity contribution in [2.45, 2.75) is 25.2 Å². The molecular formula is C15H16FN5O3S. The highest BCUT2D eigenvalue weighted by molar-refractivity contribution is 7.89. The van der Waals surface area contributed by atoms with Crippen LogP contribution in [0.4, 0.5) is 4.39 Å². The maximum Gasteiger partial charge on any atom is 0.250 e. The van der Waals surface area contributed by atoms with Gasteiger partial charge in [0.25, 0.3) is 5.89 Å². The molecule has 0 amide bonds. The minimum absolute atomic E-state index is 0.0532. The van der Waals surface area contributed by atoms with Gasteiger partial charge in [0, 0.05) is 13.0 Å². The first kappa shape index (κ1) is 17.2. The molecule has 2 heterocycles. The molecule has 0 fully saturated rings. The van der Waals surface area contributed by atoms with Crippen molar-refractivity contribution in [1.82, 2.24) is 25.1 Å². The Morgan fingerprint density at radius 3 is 2.68 bits per heavy atom. The van der Waals surface area contributed by atoms with Gasteiger partial charge in [-0.15, -0.1) is 10.2 Å². The Labute approximate surface area is 143 Å². The maximum absolute atomic E-state index is 13.7. The number of aromatic amines is 1. The van der Waals surface area contributed by atoms with E-state index in [-0.39, 0.29) is 35.2 Å². The quantitative estimate of drug-likeness (QED) is 0.688. The smallest absolute Gasteiger partial charge is 0.250 e. The van der Waals surface area contributed by atoms with Crippen molar-refractivity contribution in [2.24, 2.45) is 0 Å². The summed E-state index contributed by atoms with van der Waals surface area (Å²) in [6.45, 7) is 3.30. The van der Waals surface area contributed by atoms with Gasteiger partial charge in [-0.3, -0.25) is 5.10 Å². The number of sulfonamides is 1. The van der Waals surface area contributed by atoms with E-state index in [0.717, 1.165) is 0 Å². The van der Waals surface area contributed by atoms with Crippen LogP contribution < -0.4 is 4.72 Å². The third-order valence-electron chi connectivity index (χ3n) is 3.53. The second-order valence-corrected chi connectivity index (χ2v) is 7.10. The van der Waals surface area contributed by atoms with Gasteiger partial charge in [0.1, 0.15) is 10.7 Å². The van der Waals surface area contributed by atoms with E-state index >= 15 is 0 Å². The van der Waals surface area contributed by atoms with E-state index in [4.69, 9.17) is 4.42 Å². The van der Waals surface area contributed by atoms with Crippen LogP contribution in [-0.4, -0.2) is 35.4 Å². The standard InChI is InChI=1S/C15H16FN5O3S/c1-9-14(10(2)19-18-9)25(22,23)17-8-7-13-20-21-15(24-13)11-5-3-4-6-12(11)16/h3-6,17H,7-8H2,1-2H3,(H,18,19). The molecule has 0 radical (unpaired) electrons. The van der Waals surface area contributed by atoms with Gasteiger partial charge in [0.05, 0.1) is 17.0 Å². The van der Waals surface area contributed by atoms with Gasteiger partial charge in [-0.05, 0) is 26.0 Å². The van der Waals surface area contributed by atoms with E-state index in [0.29, 0.717) is 11.4 Å². The van der Waals surface area contributed by atoms with Crippen LogP contribution in [0.25, 0.3) is 11.5 Å². The normalized spacial score (nSPS) is 11.8. The molecule has 8 nitrogen and oxygen atoms in total. The van der Waals surface area contributed by atoms with Gasteiger partial charge >= 0.3 is 0 Å². The Kier molecular flexibility index (Phi) is 4.64. The van der Waals surface area contributed by atoms with Crippen LogP contribution in [0, 0.1) is 19.7 Å². The summed E-state index contributed by atoms with van der Waals surface area (Å²) in [6.07, 6.45) is 0.177. The topological polar surface area (TPSA) is 114 Å². The Hall–Kier alpha value is -2.59. The van der Waals surface area contributed by atoms with Crippen LogP contribution in [0.3, 0.4) is 0 Å². The summed E-state index contributed by atoms with van der Waals surface area (Å²) in [5, 5.41) is 14.1. The van der Waals surface area contributed by atoms with Crippen molar-refractivity contribution >= 4 is 10.0 Å². The lowest BCUT2D eigenvalue weighted by molar-refractivity contribution is 0.498. The summed E-state index contributed by atoms with van der Waals surface area (Å²) in [5.74, 6) is -0.205. The van der Waals surface area contributed by atoms with Crippen molar-refractivity contribution in [1.29, 1.82) is 0 Å². The summed E-state index contributed by atoms with van der Waals surface area (Å²) in [7, 11) is -3.69. The van der Waals surface area contributed by atoms with E-state index in [1.54, 1.807) is 26.0 Å². The molecule has 0 saturated heterocycles. The number of aromatic nitrogens is 4. The van der Waals surface area contributed by atoms with Crippen molar-refractivity contribution in [2.75, 3.05) is 6.54 Å². The van der Waals surface area contributed by atoms with E-state index in [1.807, 2.05) is 0 Å². The number of H-pyrrole nitrogens is 1. The molecule has 3 rings (SSSR count). The van der Waals surface area contributed by atoms with Crippen LogP contribution in [0.5, 0.6) is 0 Å². The predicted molar refractivity (Wildman–Crippen MR) is 86.6 cm³/mol. The average Bonchev–Trinajstić information content (AvgIpc) is 3.15. The minimum Gasteiger partial charge on any atom is -0.421 e. The van der Waals surface area contributed by atoms with Gasteiger partial charge < -0.3 is 4.42 Å². The highest BCUT2D eigenvalue weighted by Gasteiger charge is 2.22. The third kappa shape index (κ3) is 3.59. The summed E-state index contributed by atoms with van der Waals surface area (Å²) in [6, 6.07) is 6.04. The molecule has 2 aromatic heterocycles. The van der Waals surface area contributed by atoms with Crippen LogP contribution >= 0.6 is 0 Å². The van der Waals surface area contributed by atoms with Crippen LogP contribution in [0.15, 0.2) is 33.6 Å². The van der Waals surface area contributed by atoms with Gasteiger partial charge in [-0.2, -0.15) is 5.10 Å². The first-order chi connectivity index (χ1) is 11.9. The Morgan fingerprint density at radius 1 is 1.24 bits per heavy atom. The van der Waals surface area contributed by atoms with Gasteiger partial charge in [-0.25, -0.2) is 17.5 Å². The lowest BCUT2D eigenvalue weighted by Crippen LogP contribution is -2.27. The molecule has 0 aliphatic heterocycles. The highest BCUT2D eigenvalue weighted by Crippen LogP contribution is 2.21. The molecule has 10 heteroatoms. The summed E-state index contributed by atoms with van der Waals surface area (Å²) >= 11 is 0. The minimum atomic E-state index is -3.69. The van der Waals surface area contributed by atoms with E-state index in [2.05, 4.69) is 25.1 Å². The van der Waals surface area contributed by atoms with Crippen LogP contribution in [-0.2, 0) is 16.4 Å². The zero-order valence-corrected chi connectivity index (χ0v) is 14.4. The summed E-state index contributed by atoms with van der Waals surface area (Å²) < 4.78 is 46.2. The molecule has 0 aliphatic rings. The number of nitrogens with one attached hydrogen (secondary N) is 2. The summed E-state index contributed by atoms with van der Waals surface area (Å²) in [5.41, 5.74) is 1.06. The number of aryl methyl sites for hydroxylation is 2.